The fourth-order valence-electron chi connectivity index (χ4n) is 4.71. The summed E-state index contributed by atoms with van der Waals surface area (Å²) in [6, 6.07) is 3.38. The molecule has 0 saturated carbocycles. The second-order valence-corrected chi connectivity index (χ2v) is 16.5. The van der Waals surface area contributed by atoms with E-state index in [1.165, 1.54) is 25.0 Å². The molecule has 0 aromatic carbocycles. The lowest BCUT2D eigenvalue weighted by atomic mass is 9.86. The van der Waals surface area contributed by atoms with E-state index in [9.17, 15) is 14.0 Å². The van der Waals surface area contributed by atoms with Crippen molar-refractivity contribution in [3.05, 3.63) is 29.8 Å². The van der Waals surface area contributed by atoms with Crippen molar-refractivity contribution >= 4 is 20.0 Å². The molecule has 2 aromatic heterocycles. The first-order chi connectivity index (χ1) is 18.0. The Morgan fingerprint density at radius 3 is 2.53 bits per heavy atom. The molecule has 3 unspecified atom stereocenters. The van der Waals surface area contributed by atoms with E-state index in [0.29, 0.717) is 25.1 Å². The molecule has 0 spiro atoms. The molecule has 210 valence electrons. The molecule has 0 aliphatic carbocycles. The van der Waals surface area contributed by atoms with E-state index in [-0.39, 0.29) is 60.4 Å². The third-order valence-electron chi connectivity index (χ3n) is 6.70. The Morgan fingerprint density at radius 1 is 1.16 bits per heavy atom. The highest BCUT2D eigenvalue weighted by Crippen LogP contribution is 2.32. The van der Waals surface area contributed by atoms with Gasteiger partial charge in [0.2, 0.25) is 5.88 Å². The summed E-state index contributed by atoms with van der Waals surface area (Å²) in [6.45, 7) is 9.50. The molecule has 1 fully saturated rings. The van der Waals surface area contributed by atoms with Crippen molar-refractivity contribution in [1.29, 1.82) is 0 Å². The van der Waals surface area contributed by atoms with Crippen LogP contribution in [-0.4, -0.2) is 86.2 Å². The van der Waals surface area contributed by atoms with Crippen LogP contribution in [0.4, 0.5) is 4.39 Å². The average molecular weight is 551 g/mol. The Labute approximate surface area is 224 Å². The van der Waals surface area contributed by atoms with Crippen LogP contribution in [0.15, 0.2) is 18.3 Å². The van der Waals surface area contributed by atoms with Crippen molar-refractivity contribution in [2.24, 2.45) is 5.92 Å². The molecule has 0 bridgehead atoms. The zero-order valence-electron chi connectivity index (χ0n) is 23.3. The molecule has 3 heterocycles. The van der Waals surface area contributed by atoms with Gasteiger partial charge in [-0.05, 0) is 31.9 Å². The molecule has 1 saturated heterocycles. The van der Waals surface area contributed by atoms with Crippen molar-refractivity contribution in [3.8, 4) is 17.1 Å². The molecule has 1 aliphatic rings. The second-order valence-electron chi connectivity index (χ2n) is 10.8. The highest BCUT2D eigenvalue weighted by atomic mass is 28.3. The lowest BCUT2D eigenvalue weighted by Gasteiger charge is -2.42. The zero-order valence-corrected chi connectivity index (χ0v) is 24.3. The summed E-state index contributed by atoms with van der Waals surface area (Å²) in [4.78, 5) is 31.7. The van der Waals surface area contributed by atoms with Crippen LogP contribution in [0.5, 0.6) is 5.88 Å². The van der Waals surface area contributed by atoms with Gasteiger partial charge in [0.25, 0.3) is 5.91 Å². The number of rotatable bonds is 11. The van der Waals surface area contributed by atoms with Crippen LogP contribution in [0.2, 0.25) is 25.7 Å². The van der Waals surface area contributed by atoms with E-state index in [1.807, 2.05) is 6.92 Å². The predicted molar refractivity (Wildman–Crippen MR) is 142 cm³/mol. The van der Waals surface area contributed by atoms with E-state index in [2.05, 4.69) is 29.7 Å². The minimum absolute atomic E-state index is 0.0542. The fourth-order valence-corrected chi connectivity index (χ4v) is 5.47. The third kappa shape index (κ3) is 7.17. The summed E-state index contributed by atoms with van der Waals surface area (Å²) in [6.07, 6.45) is 1.95. The van der Waals surface area contributed by atoms with Gasteiger partial charge in [0, 0.05) is 39.5 Å². The predicted octanol–water partition coefficient (Wildman–Crippen LogP) is 3.83. The zero-order chi connectivity index (χ0) is 28.0. The van der Waals surface area contributed by atoms with E-state index >= 15 is 0 Å². The molecule has 38 heavy (non-hydrogen) atoms. The monoisotopic (exact) mass is 550 g/mol. The first kappa shape index (κ1) is 29.7. The number of amides is 1. The first-order valence-corrected chi connectivity index (χ1v) is 16.4. The maximum absolute atomic E-state index is 14.9. The molecule has 2 aromatic rings. The third-order valence-corrected chi connectivity index (χ3v) is 8.41. The summed E-state index contributed by atoms with van der Waals surface area (Å²) in [5.74, 6) is -1.29. The Balaban J connectivity index is 1.95. The van der Waals surface area contributed by atoms with Crippen LogP contribution in [-0.2, 0) is 25.7 Å². The average Bonchev–Trinajstić information content (AvgIpc) is 3.29. The number of methoxy groups -OCH3 is 3. The van der Waals surface area contributed by atoms with Gasteiger partial charge in [0.15, 0.2) is 11.5 Å². The summed E-state index contributed by atoms with van der Waals surface area (Å²) < 4.78 is 37.8. The van der Waals surface area contributed by atoms with Crippen molar-refractivity contribution in [2.45, 2.75) is 64.3 Å². The topological polar surface area (TPSA) is 105 Å². The number of carbonyl (C=O) groups is 2. The number of carbonyl (C=O) groups excluding carboxylic acids is 2. The van der Waals surface area contributed by atoms with Crippen LogP contribution in [0, 0.1) is 11.7 Å². The van der Waals surface area contributed by atoms with Crippen LogP contribution >= 0.6 is 0 Å². The van der Waals surface area contributed by atoms with Crippen molar-refractivity contribution in [3.63, 3.8) is 0 Å². The number of pyridine rings is 1. The van der Waals surface area contributed by atoms with Gasteiger partial charge in [-0.1, -0.05) is 19.6 Å². The van der Waals surface area contributed by atoms with Gasteiger partial charge >= 0.3 is 5.97 Å². The summed E-state index contributed by atoms with van der Waals surface area (Å²) in [5, 5.41) is 4.54. The lowest BCUT2D eigenvalue weighted by Crippen LogP contribution is -2.54. The molecule has 1 aliphatic heterocycles. The van der Waals surface area contributed by atoms with Gasteiger partial charge in [-0.2, -0.15) is 5.10 Å². The number of ether oxygens (including phenoxy) is 4. The molecule has 0 N–H and O–H groups in total. The van der Waals surface area contributed by atoms with Crippen LogP contribution in [0.25, 0.3) is 11.3 Å². The molecular weight excluding hydrogens is 511 g/mol. The molecule has 12 heteroatoms. The SMILES string of the molecule is COCC1CC(C(=O)OC)CC(C)N1C(=O)c1cc(-c2cc(OC)ncc2F)n(COCC[Si](C)(C)C)n1. The lowest BCUT2D eigenvalue weighted by molar-refractivity contribution is -0.148. The highest BCUT2D eigenvalue weighted by Gasteiger charge is 2.40. The fraction of sp³-hybridized carbons (Fsp3) is 0.615. The number of halogens is 1. The summed E-state index contributed by atoms with van der Waals surface area (Å²) in [5.41, 5.74) is 0.719. The Bertz CT molecular complexity index is 1120. The number of piperidine rings is 1. The number of hydrogen-bond donors (Lipinski definition) is 0. The van der Waals surface area contributed by atoms with E-state index in [1.54, 1.807) is 18.1 Å². The highest BCUT2D eigenvalue weighted by molar-refractivity contribution is 6.76. The van der Waals surface area contributed by atoms with E-state index < -0.39 is 13.9 Å². The first-order valence-electron chi connectivity index (χ1n) is 12.7. The largest absolute Gasteiger partial charge is 0.481 e. The van der Waals surface area contributed by atoms with E-state index in [0.717, 1.165) is 12.2 Å². The maximum atomic E-state index is 14.9. The number of hydrogen-bond acceptors (Lipinski definition) is 8. The summed E-state index contributed by atoms with van der Waals surface area (Å²) in [7, 11) is 3.05. The smallest absolute Gasteiger partial charge is 0.308 e. The molecule has 3 rings (SSSR count). The van der Waals surface area contributed by atoms with Crippen LogP contribution < -0.4 is 4.74 Å². The molecular formula is C26H39FN4O6Si. The second kappa shape index (κ2) is 12.8. The Kier molecular flexibility index (Phi) is 10.0. The van der Waals surface area contributed by atoms with E-state index in [4.69, 9.17) is 18.9 Å². The van der Waals surface area contributed by atoms with Crippen LogP contribution in [0.1, 0.15) is 30.3 Å². The van der Waals surface area contributed by atoms with Crippen molar-refractivity contribution in [1.82, 2.24) is 19.7 Å². The molecule has 1 amide bonds. The normalized spacial score (nSPS) is 19.9. The molecule has 3 atom stereocenters. The van der Waals surface area contributed by atoms with Gasteiger partial charge in [-0.25, -0.2) is 14.1 Å². The maximum Gasteiger partial charge on any atom is 0.308 e. The van der Waals surface area contributed by atoms with Crippen molar-refractivity contribution < 1.29 is 32.9 Å². The Hall–Kier alpha value is -2.83. The Morgan fingerprint density at radius 2 is 1.89 bits per heavy atom. The summed E-state index contributed by atoms with van der Waals surface area (Å²) >= 11 is 0. The minimum atomic E-state index is -1.31. The number of esters is 1. The van der Waals surface area contributed by atoms with Gasteiger partial charge in [-0.15, -0.1) is 0 Å². The van der Waals surface area contributed by atoms with Gasteiger partial charge in [0.1, 0.15) is 6.73 Å². The molecule has 0 radical (unpaired) electrons. The number of nitrogens with zero attached hydrogens (tertiary/aromatic N) is 4. The minimum Gasteiger partial charge on any atom is -0.481 e. The van der Waals surface area contributed by atoms with Crippen LogP contribution in [0.3, 0.4) is 0 Å². The number of likely N-dealkylation sites (tertiary alicyclic amines) is 1. The standard InChI is InChI=1S/C26H39FN4O6Si/c1-17-10-18(26(33)36-4)11-19(15-34-2)31(17)25(32)22-13-23(20-12-24(35-3)28-14-21(20)27)30(29-22)16-37-8-9-38(5,6)7/h12-14,17-19H,8-11,15-16H2,1-7H3. The van der Waals surface area contributed by atoms with Gasteiger partial charge in [0.05, 0.1) is 44.7 Å². The van der Waals surface area contributed by atoms with Crippen molar-refractivity contribution in [2.75, 3.05) is 34.5 Å². The quantitative estimate of drug-likeness (QED) is 0.236. The van der Waals surface area contributed by atoms with Gasteiger partial charge in [-0.3, -0.25) is 9.59 Å². The molecule has 10 nitrogen and oxygen atoms in total. The van der Waals surface area contributed by atoms with Gasteiger partial charge < -0.3 is 23.8 Å². The number of aromatic nitrogens is 3.